The summed E-state index contributed by atoms with van der Waals surface area (Å²) in [5.41, 5.74) is 13.8. The number of benzene rings is 3. The average molecular weight is 328 g/mol. The number of aromatic nitrogens is 2. The molecule has 0 atom stereocenters. The van der Waals surface area contributed by atoms with Crippen LogP contribution in [0.15, 0.2) is 83.1 Å². The molecule has 4 aromatic rings. The molecule has 0 aliphatic carbocycles. The van der Waals surface area contributed by atoms with Crippen LogP contribution < -0.4 is 11.2 Å². The summed E-state index contributed by atoms with van der Waals surface area (Å²) in [5, 5.41) is 8.14. The molecule has 0 spiro atoms. The predicted octanol–water partition coefficient (Wildman–Crippen LogP) is 4.92. The molecule has 6 nitrogen and oxygen atoms in total. The largest absolute Gasteiger partial charge is 0.399 e. The number of anilines is 2. The van der Waals surface area contributed by atoms with Gasteiger partial charge in [-0.05, 0) is 60.7 Å². The molecule has 25 heavy (non-hydrogen) atoms. The number of fused-ring (bicyclic) bond motifs is 1. The van der Waals surface area contributed by atoms with Crippen molar-refractivity contribution in [2.24, 2.45) is 10.3 Å². The van der Waals surface area contributed by atoms with Gasteiger partial charge in [0.2, 0.25) is 0 Å². The number of nitrogens with two attached hydrogens (primary N) is 1. The molecule has 4 N–H and O–H groups in total. The van der Waals surface area contributed by atoms with Crippen LogP contribution >= 0.6 is 0 Å². The van der Waals surface area contributed by atoms with Crippen molar-refractivity contribution in [2.45, 2.75) is 0 Å². The van der Waals surface area contributed by atoms with E-state index in [-0.39, 0.29) is 0 Å². The number of nitrogen functional groups attached to an aromatic ring is 1. The number of hydrogen-bond acceptors (Lipinski definition) is 4. The number of nitrogens with zero attached hydrogens (tertiary/aromatic N) is 3. The number of nitrogens with one attached hydrogen (secondary N) is 2. The normalized spacial score (nSPS) is 11.2. The molecule has 0 aliphatic heterocycles. The van der Waals surface area contributed by atoms with Crippen LogP contribution in [0.25, 0.3) is 22.4 Å². The van der Waals surface area contributed by atoms with Crippen LogP contribution in [0.5, 0.6) is 0 Å². The zero-order valence-corrected chi connectivity index (χ0v) is 13.3. The van der Waals surface area contributed by atoms with Crippen molar-refractivity contribution in [3.05, 3.63) is 72.8 Å². The minimum atomic E-state index is 0.712. The molecule has 0 saturated carbocycles. The maximum Gasteiger partial charge on any atom is 0.138 e. The van der Waals surface area contributed by atoms with Crippen molar-refractivity contribution in [3.63, 3.8) is 0 Å². The van der Waals surface area contributed by atoms with Gasteiger partial charge in [-0.2, -0.15) is 0 Å². The van der Waals surface area contributed by atoms with Gasteiger partial charge in [-0.1, -0.05) is 17.4 Å². The highest BCUT2D eigenvalue weighted by atomic mass is 15.4. The molecule has 4 rings (SSSR count). The fourth-order valence-electron chi connectivity index (χ4n) is 2.47. The van der Waals surface area contributed by atoms with Crippen molar-refractivity contribution >= 4 is 28.1 Å². The Morgan fingerprint density at radius 3 is 2.40 bits per heavy atom. The van der Waals surface area contributed by atoms with Crippen LogP contribution in [0.2, 0.25) is 0 Å². The van der Waals surface area contributed by atoms with Crippen LogP contribution in [0.3, 0.4) is 0 Å². The molecule has 3 aromatic carbocycles. The van der Waals surface area contributed by atoms with E-state index in [1.165, 1.54) is 0 Å². The Balaban J connectivity index is 1.47. The van der Waals surface area contributed by atoms with E-state index in [1.807, 2.05) is 60.7 Å². The SMILES string of the molecule is Nc1ccc(NN=Nc2ccc(-c3nc4ccccc4[nH]3)cc2)cc1. The predicted molar refractivity (Wildman–Crippen MR) is 101 cm³/mol. The van der Waals surface area contributed by atoms with Crippen molar-refractivity contribution in [1.82, 2.24) is 9.97 Å². The molecule has 0 bridgehead atoms. The summed E-state index contributed by atoms with van der Waals surface area (Å²) in [6, 6.07) is 23.0. The van der Waals surface area contributed by atoms with Crippen LogP contribution in [0, 0.1) is 0 Å². The summed E-state index contributed by atoms with van der Waals surface area (Å²) in [5.74, 6) is 0.838. The van der Waals surface area contributed by atoms with Gasteiger partial charge in [0.1, 0.15) is 5.82 Å². The number of rotatable bonds is 4. The van der Waals surface area contributed by atoms with Gasteiger partial charge in [0, 0.05) is 11.3 Å². The Morgan fingerprint density at radius 2 is 1.64 bits per heavy atom. The quantitative estimate of drug-likeness (QED) is 0.282. The van der Waals surface area contributed by atoms with E-state index in [1.54, 1.807) is 12.1 Å². The van der Waals surface area contributed by atoms with Gasteiger partial charge in [0.05, 0.1) is 22.4 Å². The Kier molecular flexibility index (Phi) is 3.84. The first kappa shape index (κ1) is 14.9. The summed E-state index contributed by atoms with van der Waals surface area (Å²) >= 11 is 0. The van der Waals surface area contributed by atoms with Crippen LogP contribution in [0.4, 0.5) is 17.1 Å². The van der Waals surface area contributed by atoms with E-state index in [2.05, 4.69) is 25.7 Å². The zero-order valence-electron chi connectivity index (χ0n) is 13.3. The molecule has 6 heteroatoms. The summed E-state index contributed by atoms with van der Waals surface area (Å²) < 4.78 is 0. The van der Waals surface area contributed by atoms with Gasteiger partial charge in [-0.3, -0.25) is 5.43 Å². The first-order valence-electron chi connectivity index (χ1n) is 7.85. The van der Waals surface area contributed by atoms with E-state index in [9.17, 15) is 0 Å². The third kappa shape index (κ3) is 3.32. The van der Waals surface area contributed by atoms with Crippen molar-refractivity contribution < 1.29 is 0 Å². The number of para-hydroxylation sites is 2. The molecule has 122 valence electrons. The number of hydrogen-bond donors (Lipinski definition) is 3. The van der Waals surface area contributed by atoms with Crippen LogP contribution in [0.1, 0.15) is 0 Å². The lowest BCUT2D eigenvalue weighted by Crippen LogP contribution is -1.88. The molecular weight excluding hydrogens is 312 g/mol. The first-order valence-corrected chi connectivity index (χ1v) is 7.85. The maximum absolute atomic E-state index is 5.64. The van der Waals surface area contributed by atoms with Gasteiger partial charge in [-0.15, -0.1) is 5.11 Å². The van der Waals surface area contributed by atoms with E-state index < -0.39 is 0 Å². The lowest BCUT2D eigenvalue weighted by Gasteiger charge is -2.00. The summed E-state index contributed by atoms with van der Waals surface area (Å²) in [7, 11) is 0. The number of imidazole rings is 1. The molecule has 0 aliphatic rings. The monoisotopic (exact) mass is 328 g/mol. The topological polar surface area (TPSA) is 91.4 Å². The third-order valence-corrected chi connectivity index (χ3v) is 3.79. The van der Waals surface area contributed by atoms with Crippen molar-refractivity contribution in [1.29, 1.82) is 0 Å². The van der Waals surface area contributed by atoms with E-state index in [0.717, 1.165) is 33.8 Å². The Labute approximate surface area is 144 Å². The molecule has 0 unspecified atom stereocenters. The highest BCUT2D eigenvalue weighted by Gasteiger charge is 2.04. The summed E-state index contributed by atoms with van der Waals surface area (Å²) in [6.07, 6.45) is 0. The second-order valence-electron chi connectivity index (χ2n) is 5.58. The highest BCUT2D eigenvalue weighted by Crippen LogP contribution is 2.23. The van der Waals surface area contributed by atoms with Gasteiger partial charge in [-0.25, -0.2) is 4.98 Å². The Bertz CT molecular complexity index is 983. The third-order valence-electron chi connectivity index (χ3n) is 3.79. The molecular formula is C19H16N6. The molecule has 1 heterocycles. The second kappa shape index (κ2) is 6.45. The van der Waals surface area contributed by atoms with Crippen molar-refractivity contribution in [3.8, 4) is 11.4 Å². The molecule has 0 amide bonds. The number of H-pyrrole nitrogens is 1. The molecule has 0 radical (unpaired) electrons. The second-order valence-corrected chi connectivity index (χ2v) is 5.58. The first-order chi connectivity index (χ1) is 12.3. The fourth-order valence-corrected chi connectivity index (χ4v) is 2.47. The zero-order chi connectivity index (χ0) is 17.1. The van der Waals surface area contributed by atoms with Crippen LogP contribution in [-0.4, -0.2) is 9.97 Å². The van der Waals surface area contributed by atoms with Gasteiger partial charge in [0.15, 0.2) is 0 Å². The van der Waals surface area contributed by atoms with Crippen molar-refractivity contribution in [2.75, 3.05) is 11.2 Å². The molecule has 1 aromatic heterocycles. The Hall–Kier alpha value is -3.67. The fraction of sp³-hybridized carbons (Fsp3) is 0. The van der Waals surface area contributed by atoms with E-state index >= 15 is 0 Å². The smallest absolute Gasteiger partial charge is 0.138 e. The maximum atomic E-state index is 5.64. The molecule has 0 fully saturated rings. The summed E-state index contributed by atoms with van der Waals surface area (Å²) in [6.45, 7) is 0. The highest BCUT2D eigenvalue weighted by molar-refractivity contribution is 5.79. The van der Waals surface area contributed by atoms with Crippen LogP contribution in [-0.2, 0) is 0 Å². The minimum Gasteiger partial charge on any atom is -0.399 e. The number of aromatic amines is 1. The van der Waals surface area contributed by atoms with E-state index in [0.29, 0.717) is 5.69 Å². The van der Waals surface area contributed by atoms with Gasteiger partial charge in [0.25, 0.3) is 0 Å². The van der Waals surface area contributed by atoms with Gasteiger partial charge >= 0.3 is 0 Å². The standard InChI is InChI=1S/C19H16N6/c20-14-7-11-16(12-8-14)24-25-23-15-9-5-13(6-10-15)19-21-17-3-1-2-4-18(17)22-19/h1-12H,20H2,(H,21,22)(H,23,24). The summed E-state index contributed by atoms with van der Waals surface area (Å²) in [4.78, 5) is 7.90. The minimum absolute atomic E-state index is 0.712. The molecule has 0 saturated heterocycles. The average Bonchev–Trinajstić information content (AvgIpc) is 3.08. The lowest BCUT2D eigenvalue weighted by molar-refractivity contribution is 1.13. The van der Waals surface area contributed by atoms with E-state index in [4.69, 9.17) is 5.73 Å². The Morgan fingerprint density at radius 1 is 0.880 bits per heavy atom. The lowest BCUT2D eigenvalue weighted by atomic mass is 10.2. The van der Waals surface area contributed by atoms with Gasteiger partial charge < -0.3 is 10.7 Å².